The summed E-state index contributed by atoms with van der Waals surface area (Å²) in [5.74, 6) is 0.300. The van der Waals surface area contributed by atoms with Crippen molar-refractivity contribution in [2.75, 3.05) is 13.6 Å². The summed E-state index contributed by atoms with van der Waals surface area (Å²) in [6, 6.07) is 1.12. The molecule has 1 fully saturated rings. The molecule has 1 saturated carbocycles. The summed E-state index contributed by atoms with van der Waals surface area (Å²) < 4.78 is 0. The second-order valence-electron chi connectivity index (χ2n) is 6.81. The smallest absolute Gasteiger partial charge is 0.223 e. The fourth-order valence-corrected chi connectivity index (χ4v) is 2.74. The van der Waals surface area contributed by atoms with Crippen LogP contribution in [0, 0.1) is 5.41 Å². The molecule has 0 aromatic rings. The predicted octanol–water partition coefficient (Wildman–Crippen LogP) is 2.80. The largest absolute Gasteiger partial charge is 0.343 e. The topological polar surface area (TPSA) is 32.3 Å². The molecule has 3 nitrogen and oxygen atoms in total. The lowest BCUT2D eigenvalue weighted by molar-refractivity contribution is -0.134. The summed E-state index contributed by atoms with van der Waals surface area (Å²) >= 11 is 0. The Bertz CT molecular complexity index is 262. The molecule has 0 radical (unpaired) electrons. The number of carbonyl (C=O) groups is 1. The van der Waals surface area contributed by atoms with Gasteiger partial charge < -0.3 is 10.2 Å². The maximum absolute atomic E-state index is 12.2. The van der Waals surface area contributed by atoms with Crippen LogP contribution in [-0.2, 0) is 4.79 Å². The van der Waals surface area contributed by atoms with Crippen LogP contribution in [0.2, 0.25) is 0 Å². The molecule has 0 unspecified atom stereocenters. The summed E-state index contributed by atoms with van der Waals surface area (Å²) in [7, 11) is 1.98. The number of hydrogen-bond donors (Lipinski definition) is 1. The molecular formula is C15H30N2O. The van der Waals surface area contributed by atoms with Crippen molar-refractivity contribution in [3.63, 3.8) is 0 Å². The Morgan fingerprint density at radius 2 is 1.78 bits per heavy atom. The molecule has 0 spiro atoms. The minimum absolute atomic E-state index is 0.0896. The molecular weight excluding hydrogens is 224 g/mol. The standard InChI is InChI=1S/C15H30N2O/c1-6-16-12-7-9-13(10-8-12)17(5)14(18)11-15(2,3)4/h12-13,16H,6-11H2,1-5H3. The van der Waals surface area contributed by atoms with Crippen LogP contribution in [0.3, 0.4) is 0 Å². The van der Waals surface area contributed by atoms with E-state index in [4.69, 9.17) is 0 Å². The first-order chi connectivity index (χ1) is 8.33. The van der Waals surface area contributed by atoms with E-state index in [0.29, 0.717) is 24.4 Å². The van der Waals surface area contributed by atoms with Crippen molar-refractivity contribution in [3.05, 3.63) is 0 Å². The van der Waals surface area contributed by atoms with Gasteiger partial charge in [0.25, 0.3) is 0 Å². The van der Waals surface area contributed by atoms with Gasteiger partial charge in [0.15, 0.2) is 0 Å². The van der Waals surface area contributed by atoms with Crippen molar-refractivity contribution in [1.29, 1.82) is 0 Å². The Balaban J connectivity index is 2.40. The lowest BCUT2D eigenvalue weighted by atomic mass is 9.88. The summed E-state index contributed by atoms with van der Waals surface area (Å²) in [6.07, 6.45) is 5.34. The molecule has 0 aromatic carbocycles. The number of carbonyl (C=O) groups excluding carboxylic acids is 1. The van der Waals surface area contributed by atoms with Gasteiger partial charge in [0.1, 0.15) is 0 Å². The Labute approximate surface area is 112 Å². The molecule has 1 aliphatic carbocycles. The molecule has 3 heteroatoms. The lowest BCUT2D eigenvalue weighted by Crippen LogP contribution is -2.44. The number of nitrogens with zero attached hydrogens (tertiary/aromatic N) is 1. The maximum atomic E-state index is 12.2. The molecule has 0 atom stereocenters. The summed E-state index contributed by atoms with van der Waals surface area (Å²) in [5, 5.41) is 3.51. The first-order valence-electron chi connectivity index (χ1n) is 7.32. The fraction of sp³-hybridized carbons (Fsp3) is 0.933. The zero-order valence-electron chi connectivity index (χ0n) is 12.8. The van der Waals surface area contributed by atoms with E-state index in [1.807, 2.05) is 11.9 Å². The van der Waals surface area contributed by atoms with E-state index < -0.39 is 0 Å². The third-order valence-electron chi connectivity index (χ3n) is 3.81. The Hall–Kier alpha value is -0.570. The van der Waals surface area contributed by atoms with E-state index in [1.54, 1.807) is 0 Å². The van der Waals surface area contributed by atoms with Gasteiger partial charge in [0, 0.05) is 25.6 Å². The van der Waals surface area contributed by atoms with Gasteiger partial charge in [0.2, 0.25) is 5.91 Å². The quantitative estimate of drug-likeness (QED) is 0.836. The predicted molar refractivity (Wildman–Crippen MR) is 76.6 cm³/mol. The van der Waals surface area contributed by atoms with Crippen LogP contribution in [0.25, 0.3) is 0 Å². The zero-order chi connectivity index (χ0) is 13.8. The van der Waals surface area contributed by atoms with Gasteiger partial charge in [-0.3, -0.25) is 4.79 Å². The van der Waals surface area contributed by atoms with Crippen LogP contribution in [-0.4, -0.2) is 36.5 Å². The second kappa shape index (κ2) is 6.55. The van der Waals surface area contributed by atoms with Gasteiger partial charge in [-0.15, -0.1) is 0 Å². The van der Waals surface area contributed by atoms with Crippen LogP contribution >= 0.6 is 0 Å². The molecule has 0 bridgehead atoms. The fourth-order valence-electron chi connectivity index (χ4n) is 2.74. The van der Waals surface area contributed by atoms with Crippen molar-refractivity contribution < 1.29 is 4.79 Å². The van der Waals surface area contributed by atoms with Gasteiger partial charge in [-0.25, -0.2) is 0 Å². The van der Waals surface area contributed by atoms with Crippen LogP contribution in [0.1, 0.15) is 59.8 Å². The highest BCUT2D eigenvalue weighted by Gasteiger charge is 2.27. The van der Waals surface area contributed by atoms with E-state index in [2.05, 4.69) is 33.0 Å². The lowest BCUT2D eigenvalue weighted by Gasteiger charge is -2.36. The van der Waals surface area contributed by atoms with Crippen molar-refractivity contribution in [3.8, 4) is 0 Å². The number of rotatable bonds is 4. The zero-order valence-corrected chi connectivity index (χ0v) is 12.8. The highest BCUT2D eigenvalue weighted by molar-refractivity contribution is 5.76. The van der Waals surface area contributed by atoms with Crippen LogP contribution < -0.4 is 5.32 Å². The average molecular weight is 254 g/mol. The first kappa shape index (κ1) is 15.5. The molecule has 0 aromatic heterocycles. The third kappa shape index (κ3) is 4.97. The number of hydrogen-bond acceptors (Lipinski definition) is 2. The second-order valence-corrected chi connectivity index (χ2v) is 6.81. The van der Waals surface area contributed by atoms with Gasteiger partial charge in [0.05, 0.1) is 0 Å². The minimum atomic E-state index is 0.0896. The van der Waals surface area contributed by atoms with Crippen molar-refractivity contribution >= 4 is 5.91 Å². The molecule has 1 rings (SSSR count). The highest BCUT2D eigenvalue weighted by Crippen LogP contribution is 2.25. The van der Waals surface area contributed by atoms with E-state index in [-0.39, 0.29) is 5.41 Å². The molecule has 1 aliphatic rings. The van der Waals surface area contributed by atoms with E-state index in [1.165, 1.54) is 12.8 Å². The van der Waals surface area contributed by atoms with Crippen molar-refractivity contribution in [1.82, 2.24) is 10.2 Å². The monoisotopic (exact) mass is 254 g/mol. The van der Waals surface area contributed by atoms with Gasteiger partial charge in [-0.2, -0.15) is 0 Å². The van der Waals surface area contributed by atoms with Gasteiger partial charge >= 0.3 is 0 Å². The molecule has 0 aliphatic heterocycles. The Morgan fingerprint density at radius 3 is 2.22 bits per heavy atom. The van der Waals surface area contributed by atoms with Crippen molar-refractivity contribution in [2.24, 2.45) is 5.41 Å². The van der Waals surface area contributed by atoms with Crippen LogP contribution in [0.5, 0.6) is 0 Å². The molecule has 18 heavy (non-hydrogen) atoms. The summed E-state index contributed by atoms with van der Waals surface area (Å²) in [4.78, 5) is 14.2. The van der Waals surface area contributed by atoms with E-state index in [9.17, 15) is 4.79 Å². The van der Waals surface area contributed by atoms with Crippen molar-refractivity contribution in [2.45, 2.75) is 71.9 Å². The molecule has 106 valence electrons. The number of amides is 1. The van der Waals surface area contributed by atoms with Crippen LogP contribution in [0.15, 0.2) is 0 Å². The molecule has 0 saturated heterocycles. The highest BCUT2D eigenvalue weighted by atomic mass is 16.2. The molecule has 0 heterocycles. The van der Waals surface area contributed by atoms with Crippen LogP contribution in [0.4, 0.5) is 0 Å². The normalized spacial score (nSPS) is 24.9. The van der Waals surface area contributed by atoms with E-state index in [0.717, 1.165) is 19.4 Å². The Kier molecular flexibility index (Phi) is 5.64. The third-order valence-corrected chi connectivity index (χ3v) is 3.81. The Morgan fingerprint density at radius 1 is 1.22 bits per heavy atom. The first-order valence-corrected chi connectivity index (χ1v) is 7.32. The maximum Gasteiger partial charge on any atom is 0.223 e. The van der Waals surface area contributed by atoms with E-state index >= 15 is 0 Å². The van der Waals surface area contributed by atoms with Gasteiger partial charge in [-0.1, -0.05) is 27.7 Å². The average Bonchev–Trinajstić information content (AvgIpc) is 2.27. The SMILES string of the molecule is CCNC1CCC(N(C)C(=O)CC(C)(C)C)CC1. The number of nitrogens with one attached hydrogen (secondary N) is 1. The molecule has 1 N–H and O–H groups in total. The van der Waals surface area contributed by atoms with Gasteiger partial charge in [-0.05, 0) is 37.6 Å². The minimum Gasteiger partial charge on any atom is -0.343 e. The summed E-state index contributed by atoms with van der Waals surface area (Å²) in [6.45, 7) is 9.58. The molecule has 1 amide bonds. The summed E-state index contributed by atoms with van der Waals surface area (Å²) in [5.41, 5.74) is 0.0896.